The van der Waals surface area contributed by atoms with Crippen LogP contribution >= 0.6 is 12.4 Å². The first-order valence-corrected chi connectivity index (χ1v) is 3.25. The Morgan fingerprint density at radius 1 is 1.56 bits per heavy atom. The van der Waals surface area contributed by atoms with Crippen molar-refractivity contribution in [3.8, 4) is 0 Å². The number of halogens is 1. The SMILES string of the molecule is Cl.NCC[C@@H]1CCCO1. The number of nitrogens with two attached hydrogens (primary N) is 1. The summed E-state index contributed by atoms with van der Waals surface area (Å²) in [6.07, 6.45) is 3.97. The molecule has 2 nitrogen and oxygen atoms in total. The average Bonchev–Trinajstić information content (AvgIpc) is 2.19. The summed E-state index contributed by atoms with van der Waals surface area (Å²) in [4.78, 5) is 0. The lowest BCUT2D eigenvalue weighted by Crippen LogP contribution is -2.11. The van der Waals surface area contributed by atoms with E-state index in [1.54, 1.807) is 0 Å². The second kappa shape index (κ2) is 5.03. The van der Waals surface area contributed by atoms with Gasteiger partial charge < -0.3 is 10.5 Å². The normalized spacial score (nSPS) is 25.7. The minimum absolute atomic E-state index is 0. The monoisotopic (exact) mass is 151 g/mol. The van der Waals surface area contributed by atoms with Gasteiger partial charge in [-0.3, -0.25) is 0 Å². The van der Waals surface area contributed by atoms with Gasteiger partial charge in [0.2, 0.25) is 0 Å². The summed E-state index contributed by atoms with van der Waals surface area (Å²) in [5, 5.41) is 0. The number of ether oxygens (including phenoxy) is 1. The molecule has 0 amide bonds. The molecule has 1 atom stereocenters. The van der Waals surface area contributed by atoms with Gasteiger partial charge >= 0.3 is 0 Å². The molecule has 0 bridgehead atoms. The Morgan fingerprint density at radius 2 is 2.33 bits per heavy atom. The lowest BCUT2D eigenvalue weighted by molar-refractivity contribution is 0.106. The van der Waals surface area contributed by atoms with Crippen molar-refractivity contribution >= 4 is 12.4 Å². The molecule has 1 rings (SSSR count). The molecule has 1 aliphatic rings. The van der Waals surface area contributed by atoms with Crippen molar-refractivity contribution in [2.75, 3.05) is 13.2 Å². The van der Waals surface area contributed by atoms with E-state index in [9.17, 15) is 0 Å². The summed E-state index contributed by atoms with van der Waals surface area (Å²) in [6.45, 7) is 1.72. The van der Waals surface area contributed by atoms with Crippen LogP contribution in [0.3, 0.4) is 0 Å². The topological polar surface area (TPSA) is 35.2 Å². The molecule has 2 N–H and O–H groups in total. The first-order valence-electron chi connectivity index (χ1n) is 3.25. The molecule has 0 unspecified atom stereocenters. The molecule has 9 heavy (non-hydrogen) atoms. The Labute approximate surface area is 62.2 Å². The predicted octanol–water partition coefficient (Wildman–Crippen LogP) is 0.936. The van der Waals surface area contributed by atoms with Gasteiger partial charge in [-0.15, -0.1) is 12.4 Å². The van der Waals surface area contributed by atoms with Crippen LogP contribution in [0.4, 0.5) is 0 Å². The van der Waals surface area contributed by atoms with E-state index in [0.717, 1.165) is 19.6 Å². The highest BCUT2D eigenvalue weighted by Crippen LogP contribution is 2.13. The standard InChI is InChI=1S/C6H13NO.ClH/c7-4-3-6-2-1-5-8-6;/h6H,1-5,7H2;1H/t6-;/m0./s1. The summed E-state index contributed by atoms with van der Waals surface area (Å²) in [5.41, 5.74) is 5.33. The van der Waals surface area contributed by atoms with Crippen molar-refractivity contribution in [2.45, 2.75) is 25.4 Å². The van der Waals surface area contributed by atoms with Crippen LogP contribution in [0.15, 0.2) is 0 Å². The first-order chi connectivity index (χ1) is 3.93. The number of rotatable bonds is 2. The van der Waals surface area contributed by atoms with Gasteiger partial charge in [-0.25, -0.2) is 0 Å². The summed E-state index contributed by atoms with van der Waals surface area (Å²) < 4.78 is 5.31. The summed E-state index contributed by atoms with van der Waals surface area (Å²) in [6, 6.07) is 0. The van der Waals surface area contributed by atoms with Crippen molar-refractivity contribution in [1.29, 1.82) is 0 Å². The molecule has 1 saturated heterocycles. The van der Waals surface area contributed by atoms with E-state index in [0.29, 0.717) is 6.10 Å². The number of hydrogen-bond donors (Lipinski definition) is 1. The van der Waals surface area contributed by atoms with Gasteiger partial charge in [-0.05, 0) is 25.8 Å². The van der Waals surface area contributed by atoms with Crippen LogP contribution in [-0.2, 0) is 4.74 Å². The molecule has 0 aromatic heterocycles. The summed E-state index contributed by atoms with van der Waals surface area (Å²) in [7, 11) is 0. The van der Waals surface area contributed by atoms with Crippen LogP contribution in [0.5, 0.6) is 0 Å². The van der Waals surface area contributed by atoms with Crippen LogP contribution in [0.2, 0.25) is 0 Å². The van der Waals surface area contributed by atoms with Crippen LogP contribution in [0, 0.1) is 0 Å². The smallest absolute Gasteiger partial charge is 0.0588 e. The predicted molar refractivity (Wildman–Crippen MR) is 39.9 cm³/mol. The molecule has 0 aromatic carbocycles. The number of hydrogen-bond acceptors (Lipinski definition) is 2. The fourth-order valence-corrected chi connectivity index (χ4v) is 1.06. The van der Waals surface area contributed by atoms with Crippen molar-refractivity contribution in [3.05, 3.63) is 0 Å². The first kappa shape index (κ1) is 9.21. The van der Waals surface area contributed by atoms with E-state index in [2.05, 4.69) is 0 Å². The van der Waals surface area contributed by atoms with E-state index in [4.69, 9.17) is 10.5 Å². The van der Waals surface area contributed by atoms with Crippen molar-refractivity contribution in [3.63, 3.8) is 0 Å². The molecule has 56 valence electrons. The van der Waals surface area contributed by atoms with Gasteiger partial charge in [0.05, 0.1) is 6.10 Å². The fourth-order valence-electron chi connectivity index (χ4n) is 1.06. The molecule has 0 aromatic rings. The molecule has 0 saturated carbocycles. The molecule has 3 heteroatoms. The Bertz CT molecular complexity index is 64.1. The maximum absolute atomic E-state index is 5.33. The molecule has 0 radical (unpaired) electrons. The molecule has 0 aliphatic carbocycles. The van der Waals surface area contributed by atoms with Gasteiger partial charge in [-0.1, -0.05) is 0 Å². The third-order valence-corrected chi connectivity index (χ3v) is 1.51. The highest BCUT2D eigenvalue weighted by atomic mass is 35.5. The van der Waals surface area contributed by atoms with Crippen LogP contribution in [-0.4, -0.2) is 19.3 Å². The quantitative estimate of drug-likeness (QED) is 0.638. The van der Waals surface area contributed by atoms with Crippen molar-refractivity contribution in [2.24, 2.45) is 5.73 Å². The highest BCUT2D eigenvalue weighted by Gasteiger charge is 2.13. The van der Waals surface area contributed by atoms with Crippen LogP contribution in [0.25, 0.3) is 0 Å². The third-order valence-electron chi connectivity index (χ3n) is 1.51. The summed E-state index contributed by atoms with van der Waals surface area (Å²) >= 11 is 0. The second-order valence-electron chi connectivity index (χ2n) is 2.21. The van der Waals surface area contributed by atoms with Crippen LogP contribution < -0.4 is 5.73 Å². The zero-order chi connectivity index (χ0) is 5.82. The minimum Gasteiger partial charge on any atom is -0.378 e. The van der Waals surface area contributed by atoms with E-state index in [1.807, 2.05) is 0 Å². The Balaban J connectivity index is 0.000000640. The molecule has 1 fully saturated rings. The van der Waals surface area contributed by atoms with Gasteiger partial charge in [-0.2, -0.15) is 0 Å². The Morgan fingerprint density at radius 3 is 2.78 bits per heavy atom. The van der Waals surface area contributed by atoms with E-state index in [-0.39, 0.29) is 12.4 Å². The molecule has 0 spiro atoms. The van der Waals surface area contributed by atoms with E-state index >= 15 is 0 Å². The second-order valence-corrected chi connectivity index (χ2v) is 2.21. The van der Waals surface area contributed by atoms with Crippen molar-refractivity contribution < 1.29 is 4.74 Å². The summed E-state index contributed by atoms with van der Waals surface area (Å²) in [5.74, 6) is 0. The minimum atomic E-state index is 0. The zero-order valence-corrected chi connectivity index (χ0v) is 6.32. The van der Waals surface area contributed by atoms with Gasteiger partial charge in [0.1, 0.15) is 0 Å². The third kappa shape index (κ3) is 3.04. The van der Waals surface area contributed by atoms with Gasteiger partial charge in [0, 0.05) is 6.61 Å². The largest absolute Gasteiger partial charge is 0.378 e. The van der Waals surface area contributed by atoms with E-state index < -0.39 is 0 Å². The molecular formula is C6H14ClNO. The highest BCUT2D eigenvalue weighted by molar-refractivity contribution is 5.85. The van der Waals surface area contributed by atoms with Gasteiger partial charge in [0.25, 0.3) is 0 Å². The maximum atomic E-state index is 5.33. The molecular weight excluding hydrogens is 138 g/mol. The van der Waals surface area contributed by atoms with Crippen molar-refractivity contribution in [1.82, 2.24) is 0 Å². The zero-order valence-electron chi connectivity index (χ0n) is 5.51. The maximum Gasteiger partial charge on any atom is 0.0588 e. The average molecular weight is 152 g/mol. The fraction of sp³-hybridized carbons (Fsp3) is 1.00. The molecule has 1 aliphatic heterocycles. The van der Waals surface area contributed by atoms with E-state index in [1.165, 1.54) is 12.8 Å². The lowest BCUT2D eigenvalue weighted by Gasteiger charge is -2.04. The van der Waals surface area contributed by atoms with Gasteiger partial charge in [0.15, 0.2) is 0 Å². The lowest BCUT2D eigenvalue weighted by atomic mass is 10.2. The van der Waals surface area contributed by atoms with Crippen LogP contribution in [0.1, 0.15) is 19.3 Å². The molecule has 1 heterocycles. The Kier molecular flexibility index (Phi) is 5.15. The Hall–Kier alpha value is 0.210.